The SMILES string of the molecule is COC(=O)C1=C(C(=O)OC)N(c2ccc(C(=O)O)c(C(F)(F)F)c2)C=CC=C1. The Morgan fingerprint density at radius 2 is 1.68 bits per heavy atom. The molecule has 1 aromatic rings. The number of esters is 2. The molecule has 1 aliphatic rings. The molecular formula is C18H14F3NO6. The van der Waals surface area contributed by atoms with E-state index in [1.165, 1.54) is 24.4 Å². The van der Waals surface area contributed by atoms with Gasteiger partial charge in [-0.1, -0.05) is 6.08 Å². The van der Waals surface area contributed by atoms with Crippen LogP contribution in [0.1, 0.15) is 15.9 Å². The summed E-state index contributed by atoms with van der Waals surface area (Å²) >= 11 is 0. The molecule has 1 N–H and O–H groups in total. The number of ether oxygens (including phenoxy) is 2. The van der Waals surface area contributed by atoms with Gasteiger partial charge in [0.2, 0.25) is 0 Å². The van der Waals surface area contributed by atoms with Crippen molar-refractivity contribution in [3.63, 3.8) is 0 Å². The molecule has 0 unspecified atom stereocenters. The van der Waals surface area contributed by atoms with E-state index >= 15 is 0 Å². The maximum absolute atomic E-state index is 13.3. The van der Waals surface area contributed by atoms with Crippen molar-refractivity contribution >= 4 is 23.6 Å². The minimum absolute atomic E-state index is 0.209. The van der Waals surface area contributed by atoms with Gasteiger partial charge in [-0.25, -0.2) is 14.4 Å². The van der Waals surface area contributed by atoms with E-state index in [0.717, 1.165) is 31.3 Å². The zero-order valence-corrected chi connectivity index (χ0v) is 14.6. The fraction of sp³-hybridized carbons (Fsp3) is 0.167. The number of benzene rings is 1. The van der Waals surface area contributed by atoms with Gasteiger partial charge in [-0.2, -0.15) is 13.2 Å². The Bertz CT molecular complexity index is 914. The molecule has 0 saturated carbocycles. The van der Waals surface area contributed by atoms with Gasteiger partial charge < -0.3 is 19.5 Å². The summed E-state index contributed by atoms with van der Waals surface area (Å²) in [4.78, 5) is 36.4. The van der Waals surface area contributed by atoms with Crippen LogP contribution in [0.2, 0.25) is 0 Å². The van der Waals surface area contributed by atoms with Crippen LogP contribution in [0.25, 0.3) is 0 Å². The van der Waals surface area contributed by atoms with Gasteiger partial charge in [0.25, 0.3) is 0 Å². The van der Waals surface area contributed by atoms with E-state index in [9.17, 15) is 27.6 Å². The zero-order valence-electron chi connectivity index (χ0n) is 14.6. The second kappa shape index (κ2) is 7.99. The zero-order chi connectivity index (χ0) is 21.1. The average Bonchev–Trinajstić information content (AvgIpc) is 2.88. The fourth-order valence-corrected chi connectivity index (χ4v) is 2.47. The van der Waals surface area contributed by atoms with Gasteiger partial charge in [-0.05, 0) is 30.4 Å². The first-order valence-corrected chi connectivity index (χ1v) is 7.61. The molecule has 0 spiro atoms. The first-order chi connectivity index (χ1) is 13.1. The fourth-order valence-electron chi connectivity index (χ4n) is 2.47. The normalized spacial score (nSPS) is 14.0. The minimum atomic E-state index is -4.96. The summed E-state index contributed by atoms with van der Waals surface area (Å²) in [5.74, 6) is -3.68. The predicted octanol–water partition coefficient (Wildman–Crippen LogP) is 2.89. The Hall–Kier alpha value is -3.56. The number of carboxylic acids is 1. The van der Waals surface area contributed by atoms with Crippen LogP contribution in [0, 0.1) is 0 Å². The van der Waals surface area contributed by atoms with Crippen molar-refractivity contribution in [1.29, 1.82) is 0 Å². The lowest BCUT2D eigenvalue weighted by Gasteiger charge is -2.24. The Labute approximate surface area is 156 Å². The Morgan fingerprint density at radius 3 is 2.21 bits per heavy atom. The molecule has 2 rings (SSSR count). The van der Waals surface area contributed by atoms with Crippen molar-refractivity contribution in [2.45, 2.75) is 6.18 Å². The Morgan fingerprint density at radius 1 is 1.04 bits per heavy atom. The molecule has 0 aliphatic carbocycles. The number of rotatable bonds is 4. The van der Waals surface area contributed by atoms with Crippen LogP contribution in [-0.4, -0.2) is 37.2 Å². The number of methoxy groups -OCH3 is 2. The van der Waals surface area contributed by atoms with Crippen LogP contribution >= 0.6 is 0 Å². The van der Waals surface area contributed by atoms with Crippen molar-refractivity contribution in [2.24, 2.45) is 0 Å². The number of alkyl halides is 3. The lowest BCUT2D eigenvalue weighted by Crippen LogP contribution is -2.27. The third-order valence-corrected chi connectivity index (χ3v) is 3.71. The van der Waals surface area contributed by atoms with E-state index in [2.05, 4.69) is 9.47 Å². The van der Waals surface area contributed by atoms with Crippen molar-refractivity contribution < 1.29 is 42.1 Å². The number of aromatic carboxylic acids is 1. The lowest BCUT2D eigenvalue weighted by atomic mass is 10.0. The summed E-state index contributed by atoms with van der Waals surface area (Å²) in [5.41, 5.74) is -3.22. The Balaban J connectivity index is 2.75. The number of nitrogens with zero attached hydrogens (tertiary/aromatic N) is 1. The Kier molecular flexibility index (Phi) is 5.92. The quantitative estimate of drug-likeness (QED) is 0.781. The van der Waals surface area contributed by atoms with E-state index in [4.69, 9.17) is 5.11 Å². The van der Waals surface area contributed by atoms with Crippen LogP contribution in [0.15, 0.2) is 53.9 Å². The molecule has 7 nitrogen and oxygen atoms in total. The van der Waals surface area contributed by atoms with Crippen LogP contribution in [0.4, 0.5) is 18.9 Å². The summed E-state index contributed by atoms with van der Waals surface area (Å²) in [6, 6.07) is 2.41. The van der Waals surface area contributed by atoms with E-state index in [1.54, 1.807) is 0 Å². The number of hydrogen-bond acceptors (Lipinski definition) is 6. The van der Waals surface area contributed by atoms with E-state index in [0.29, 0.717) is 6.07 Å². The number of carbonyl (C=O) groups is 3. The first kappa shape index (κ1) is 20.7. The van der Waals surface area contributed by atoms with Crippen LogP contribution in [0.5, 0.6) is 0 Å². The second-order valence-electron chi connectivity index (χ2n) is 5.35. The van der Waals surface area contributed by atoms with Gasteiger partial charge in [-0.15, -0.1) is 0 Å². The van der Waals surface area contributed by atoms with Gasteiger partial charge in [0.1, 0.15) is 5.70 Å². The van der Waals surface area contributed by atoms with Crippen molar-refractivity contribution in [1.82, 2.24) is 0 Å². The van der Waals surface area contributed by atoms with Crippen molar-refractivity contribution in [2.75, 3.05) is 19.1 Å². The molecule has 0 saturated heterocycles. The maximum atomic E-state index is 13.3. The van der Waals surface area contributed by atoms with E-state index in [-0.39, 0.29) is 11.3 Å². The third kappa shape index (κ3) is 4.05. The van der Waals surface area contributed by atoms with Gasteiger partial charge >= 0.3 is 24.1 Å². The second-order valence-corrected chi connectivity index (χ2v) is 5.35. The molecule has 10 heteroatoms. The summed E-state index contributed by atoms with van der Waals surface area (Å²) in [7, 11) is 2.11. The highest BCUT2D eigenvalue weighted by Crippen LogP contribution is 2.36. The average molecular weight is 397 g/mol. The minimum Gasteiger partial charge on any atom is -0.478 e. The molecule has 1 aliphatic heterocycles. The highest BCUT2D eigenvalue weighted by Gasteiger charge is 2.37. The topological polar surface area (TPSA) is 93.1 Å². The number of hydrogen-bond donors (Lipinski definition) is 1. The van der Waals surface area contributed by atoms with Crippen LogP contribution < -0.4 is 4.90 Å². The smallest absolute Gasteiger partial charge is 0.417 e. The first-order valence-electron chi connectivity index (χ1n) is 7.61. The molecule has 0 bridgehead atoms. The highest BCUT2D eigenvalue weighted by atomic mass is 19.4. The number of carbonyl (C=O) groups excluding carboxylic acids is 2. The molecule has 0 amide bonds. The van der Waals surface area contributed by atoms with Gasteiger partial charge in [0.05, 0.1) is 30.9 Å². The molecule has 0 fully saturated rings. The van der Waals surface area contributed by atoms with Gasteiger partial charge in [0, 0.05) is 11.9 Å². The highest BCUT2D eigenvalue weighted by molar-refractivity contribution is 6.05. The molecule has 1 heterocycles. The summed E-state index contributed by atoms with van der Waals surface area (Å²) < 4.78 is 49.2. The van der Waals surface area contributed by atoms with Gasteiger partial charge in [-0.3, -0.25) is 0 Å². The monoisotopic (exact) mass is 397 g/mol. The van der Waals surface area contributed by atoms with Crippen LogP contribution in [-0.2, 0) is 25.2 Å². The molecule has 28 heavy (non-hydrogen) atoms. The summed E-state index contributed by atoms with van der Waals surface area (Å²) in [5, 5.41) is 9.02. The van der Waals surface area contributed by atoms with Crippen LogP contribution in [0.3, 0.4) is 0 Å². The van der Waals surface area contributed by atoms with Gasteiger partial charge in [0.15, 0.2) is 0 Å². The third-order valence-electron chi connectivity index (χ3n) is 3.71. The molecule has 0 radical (unpaired) electrons. The number of anilines is 1. The molecule has 148 valence electrons. The maximum Gasteiger partial charge on any atom is 0.417 e. The predicted molar refractivity (Wildman–Crippen MR) is 90.2 cm³/mol. The number of allylic oxidation sites excluding steroid dienone is 2. The van der Waals surface area contributed by atoms with Crippen molar-refractivity contribution in [3.05, 3.63) is 65.0 Å². The standard InChI is InChI=1S/C18H14F3NO6/c1-27-16(25)12-5-3-4-8-22(14(12)17(26)28-2)10-6-7-11(15(23)24)13(9-10)18(19,20)21/h3-9H,1-2H3,(H,23,24). The largest absolute Gasteiger partial charge is 0.478 e. The van der Waals surface area contributed by atoms with E-state index < -0.39 is 40.9 Å². The number of carboxylic acid groups (broad SMARTS) is 1. The molecule has 1 aromatic carbocycles. The summed E-state index contributed by atoms with van der Waals surface area (Å²) in [6.07, 6.45) is 0.264. The molecule has 0 aromatic heterocycles. The lowest BCUT2D eigenvalue weighted by molar-refractivity contribution is -0.139. The number of halogens is 3. The molecule has 0 atom stereocenters. The van der Waals surface area contributed by atoms with Crippen molar-refractivity contribution in [3.8, 4) is 0 Å². The van der Waals surface area contributed by atoms with E-state index in [1.807, 2.05) is 0 Å². The summed E-state index contributed by atoms with van der Waals surface area (Å²) in [6.45, 7) is 0. The molecular weight excluding hydrogens is 383 g/mol.